The molecule has 2 atom stereocenters. The standard InChI is InChI=1S/C19H25NO3/c1-14(3-4-15-5-9-17(21)10-6-15)20-13-19(23-2)16-7-11-18(22)12-8-16/h5-12,14,19-22H,3-4,13H2,1-2H3/t14-,19-/m0/s1. The Kier molecular flexibility index (Phi) is 6.44. The Morgan fingerprint density at radius 1 is 0.957 bits per heavy atom. The fourth-order valence-corrected chi connectivity index (χ4v) is 2.48. The molecular weight excluding hydrogens is 290 g/mol. The fourth-order valence-electron chi connectivity index (χ4n) is 2.48. The van der Waals surface area contributed by atoms with Crippen molar-refractivity contribution in [1.29, 1.82) is 0 Å². The van der Waals surface area contributed by atoms with E-state index in [9.17, 15) is 10.2 Å². The first-order valence-electron chi connectivity index (χ1n) is 7.91. The first-order chi connectivity index (χ1) is 11.1. The van der Waals surface area contributed by atoms with E-state index in [1.165, 1.54) is 5.56 Å². The smallest absolute Gasteiger partial charge is 0.115 e. The number of ether oxygens (including phenoxy) is 1. The summed E-state index contributed by atoms with van der Waals surface area (Å²) in [5.74, 6) is 0.565. The molecule has 2 rings (SSSR count). The SMILES string of the molecule is CO[C@@H](CN[C@@H](C)CCc1ccc(O)cc1)c1ccc(O)cc1. The van der Waals surface area contributed by atoms with E-state index in [1.807, 2.05) is 24.3 Å². The highest BCUT2D eigenvalue weighted by Crippen LogP contribution is 2.19. The van der Waals surface area contributed by atoms with Crippen molar-refractivity contribution >= 4 is 0 Å². The zero-order valence-corrected chi connectivity index (χ0v) is 13.7. The number of benzene rings is 2. The van der Waals surface area contributed by atoms with Crippen LogP contribution in [0, 0.1) is 0 Å². The van der Waals surface area contributed by atoms with Gasteiger partial charge in [-0.25, -0.2) is 0 Å². The molecule has 0 saturated carbocycles. The highest BCUT2D eigenvalue weighted by molar-refractivity contribution is 5.28. The number of hydrogen-bond donors (Lipinski definition) is 3. The van der Waals surface area contributed by atoms with Gasteiger partial charge in [0.15, 0.2) is 0 Å². The van der Waals surface area contributed by atoms with Gasteiger partial charge < -0.3 is 20.3 Å². The summed E-state index contributed by atoms with van der Waals surface area (Å²) in [6.45, 7) is 2.88. The number of phenols is 2. The quantitative estimate of drug-likeness (QED) is 0.699. The van der Waals surface area contributed by atoms with Gasteiger partial charge in [-0.05, 0) is 55.2 Å². The normalized spacial score (nSPS) is 13.7. The van der Waals surface area contributed by atoms with Gasteiger partial charge in [-0.3, -0.25) is 0 Å². The average molecular weight is 315 g/mol. The van der Waals surface area contributed by atoms with E-state index in [0.29, 0.717) is 11.8 Å². The second-order valence-corrected chi connectivity index (χ2v) is 5.83. The Morgan fingerprint density at radius 3 is 2.09 bits per heavy atom. The molecule has 0 unspecified atom stereocenters. The summed E-state index contributed by atoms with van der Waals surface area (Å²) < 4.78 is 5.53. The third-order valence-corrected chi connectivity index (χ3v) is 4.00. The van der Waals surface area contributed by atoms with E-state index in [2.05, 4.69) is 12.2 Å². The van der Waals surface area contributed by atoms with Crippen LogP contribution in [0.4, 0.5) is 0 Å². The van der Waals surface area contributed by atoms with Gasteiger partial charge in [0, 0.05) is 19.7 Å². The summed E-state index contributed by atoms with van der Waals surface area (Å²) in [6, 6.07) is 14.8. The summed E-state index contributed by atoms with van der Waals surface area (Å²) in [6.07, 6.45) is 1.94. The highest BCUT2D eigenvalue weighted by Gasteiger charge is 2.12. The molecule has 0 saturated heterocycles. The summed E-state index contributed by atoms with van der Waals surface area (Å²) in [4.78, 5) is 0. The minimum Gasteiger partial charge on any atom is -0.508 e. The molecule has 0 amide bonds. The van der Waals surface area contributed by atoms with Crippen LogP contribution in [-0.4, -0.2) is 29.9 Å². The maximum absolute atomic E-state index is 9.35. The lowest BCUT2D eigenvalue weighted by Gasteiger charge is -2.20. The molecule has 2 aromatic rings. The average Bonchev–Trinajstić information content (AvgIpc) is 2.56. The number of methoxy groups -OCH3 is 1. The first kappa shape index (κ1) is 17.3. The zero-order chi connectivity index (χ0) is 16.7. The van der Waals surface area contributed by atoms with Crippen LogP contribution >= 0.6 is 0 Å². The van der Waals surface area contributed by atoms with Gasteiger partial charge in [0.05, 0.1) is 6.10 Å². The summed E-state index contributed by atoms with van der Waals surface area (Å²) in [7, 11) is 1.69. The fraction of sp³-hybridized carbons (Fsp3) is 0.368. The van der Waals surface area contributed by atoms with E-state index in [-0.39, 0.29) is 11.9 Å². The lowest BCUT2D eigenvalue weighted by molar-refractivity contribution is 0.0996. The molecule has 124 valence electrons. The summed E-state index contributed by atoms with van der Waals surface area (Å²) in [5, 5.41) is 22.1. The Morgan fingerprint density at radius 2 is 1.52 bits per heavy atom. The second-order valence-electron chi connectivity index (χ2n) is 5.83. The van der Waals surface area contributed by atoms with Crippen molar-refractivity contribution < 1.29 is 14.9 Å². The third-order valence-electron chi connectivity index (χ3n) is 4.00. The van der Waals surface area contributed by atoms with Gasteiger partial charge in [-0.2, -0.15) is 0 Å². The van der Waals surface area contributed by atoms with Crippen molar-refractivity contribution in [3.05, 3.63) is 59.7 Å². The molecule has 0 aliphatic rings. The van der Waals surface area contributed by atoms with Crippen molar-refractivity contribution in [2.75, 3.05) is 13.7 Å². The van der Waals surface area contributed by atoms with Crippen molar-refractivity contribution in [3.8, 4) is 11.5 Å². The molecule has 0 aromatic heterocycles. The number of nitrogens with one attached hydrogen (secondary N) is 1. The Bertz CT molecular complexity index is 581. The van der Waals surface area contributed by atoms with Gasteiger partial charge in [0.2, 0.25) is 0 Å². The molecule has 0 fully saturated rings. The Labute approximate surface area is 137 Å². The van der Waals surface area contributed by atoms with Gasteiger partial charge in [-0.1, -0.05) is 24.3 Å². The van der Waals surface area contributed by atoms with Crippen LogP contribution in [0.2, 0.25) is 0 Å². The van der Waals surface area contributed by atoms with Crippen LogP contribution < -0.4 is 5.32 Å². The van der Waals surface area contributed by atoms with Gasteiger partial charge in [-0.15, -0.1) is 0 Å². The molecule has 0 radical (unpaired) electrons. The monoisotopic (exact) mass is 315 g/mol. The van der Waals surface area contributed by atoms with E-state index < -0.39 is 0 Å². The van der Waals surface area contributed by atoms with E-state index in [4.69, 9.17) is 4.74 Å². The molecule has 4 heteroatoms. The van der Waals surface area contributed by atoms with E-state index in [0.717, 1.165) is 24.9 Å². The summed E-state index contributed by atoms with van der Waals surface area (Å²) in [5.41, 5.74) is 2.27. The van der Waals surface area contributed by atoms with E-state index in [1.54, 1.807) is 31.4 Å². The molecule has 23 heavy (non-hydrogen) atoms. The number of aromatic hydroxyl groups is 2. The predicted molar refractivity (Wildman–Crippen MR) is 91.7 cm³/mol. The molecule has 3 N–H and O–H groups in total. The predicted octanol–water partition coefficient (Wildman–Crippen LogP) is 3.40. The molecule has 4 nitrogen and oxygen atoms in total. The third kappa shape index (κ3) is 5.58. The van der Waals surface area contributed by atoms with Gasteiger partial charge >= 0.3 is 0 Å². The molecule has 2 aromatic carbocycles. The maximum Gasteiger partial charge on any atom is 0.115 e. The van der Waals surface area contributed by atoms with Crippen molar-refractivity contribution in [2.24, 2.45) is 0 Å². The molecule has 0 aliphatic heterocycles. The van der Waals surface area contributed by atoms with Gasteiger partial charge in [0.25, 0.3) is 0 Å². The van der Waals surface area contributed by atoms with Crippen LogP contribution in [-0.2, 0) is 11.2 Å². The maximum atomic E-state index is 9.35. The molecule has 0 heterocycles. The number of rotatable bonds is 8. The minimum absolute atomic E-state index is 0.0354. The van der Waals surface area contributed by atoms with Crippen LogP contribution in [0.15, 0.2) is 48.5 Å². The van der Waals surface area contributed by atoms with E-state index >= 15 is 0 Å². The lowest BCUT2D eigenvalue weighted by atomic mass is 10.1. The van der Waals surface area contributed by atoms with Crippen molar-refractivity contribution in [1.82, 2.24) is 5.32 Å². The number of phenolic OH excluding ortho intramolecular Hbond substituents is 2. The van der Waals surface area contributed by atoms with Crippen LogP contribution in [0.3, 0.4) is 0 Å². The largest absolute Gasteiger partial charge is 0.508 e. The Balaban J connectivity index is 1.79. The van der Waals surface area contributed by atoms with Gasteiger partial charge in [0.1, 0.15) is 11.5 Å². The Hall–Kier alpha value is -2.04. The zero-order valence-electron chi connectivity index (χ0n) is 13.7. The highest BCUT2D eigenvalue weighted by atomic mass is 16.5. The lowest BCUT2D eigenvalue weighted by Crippen LogP contribution is -2.31. The van der Waals surface area contributed by atoms with Crippen molar-refractivity contribution in [3.63, 3.8) is 0 Å². The van der Waals surface area contributed by atoms with Crippen LogP contribution in [0.25, 0.3) is 0 Å². The van der Waals surface area contributed by atoms with Crippen LogP contribution in [0.1, 0.15) is 30.6 Å². The summed E-state index contributed by atoms with van der Waals surface area (Å²) >= 11 is 0. The minimum atomic E-state index is -0.0354. The molecule has 0 aliphatic carbocycles. The second kappa shape index (κ2) is 8.56. The van der Waals surface area contributed by atoms with Crippen LogP contribution in [0.5, 0.6) is 11.5 Å². The molecule has 0 bridgehead atoms. The topological polar surface area (TPSA) is 61.7 Å². The molecular formula is C19H25NO3. The van der Waals surface area contributed by atoms with Crippen molar-refractivity contribution in [2.45, 2.75) is 31.9 Å². The first-order valence-corrected chi connectivity index (χ1v) is 7.91. The molecule has 0 spiro atoms. The number of aryl methyl sites for hydroxylation is 1. The number of hydrogen-bond acceptors (Lipinski definition) is 4.